The molecule has 2 unspecified atom stereocenters. The van der Waals surface area contributed by atoms with Crippen molar-refractivity contribution in [1.29, 1.82) is 0 Å². The number of rotatable bonds is 6. The molecule has 5 rings (SSSR count). The minimum atomic E-state index is 0.638. The summed E-state index contributed by atoms with van der Waals surface area (Å²) in [6, 6.07) is 14.0. The summed E-state index contributed by atoms with van der Waals surface area (Å²) in [6.07, 6.45) is 14.9. The Bertz CT molecular complexity index is 1110. The molecule has 0 aromatic heterocycles. The first-order chi connectivity index (χ1) is 16.4. The van der Waals surface area contributed by atoms with Crippen molar-refractivity contribution >= 4 is 5.57 Å². The lowest BCUT2D eigenvalue weighted by Gasteiger charge is -2.31. The van der Waals surface area contributed by atoms with Crippen molar-refractivity contribution < 1.29 is 0 Å². The maximum absolute atomic E-state index is 4.52. The average Bonchev–Trinajstić information content (AvgIpc) is 3.39. The van der Waals surface area contributed by atoms with Gasteiger partial charge >= 0.3 is 0 Å². The predicted molar refractivity (Wildman–Crippen MR) is 147 cm³/mol. The van der Waals surface area contributed by atoms with Crippen LogP contribution in [-0.2, 0) is 19.3 Å². The van der Waals surface area contributed by atoms with Gasteiger partial charge in [-0.2, -0.15) is 0 Å². The van der Waals surface area contributed by atoms with E-state index in [1.807, 2.05) is 0 Å². The summed E-state index contributed by atoms with van der Waals surface area (Å²) < 4.78 is 0. The van der Waals surface area contributed by atoms with Gasteiger partial charge in [-0.3, -0.25) is 0 Å². The van der Waals surface area contributed by atoms with Crippen LogP contribution in [0.5, 0.6) is 0 Å². The van der Waals surface area contributed by atoms with Crippen molar-refractivity contribution in [1.82, 2.24) is 0 Å². The Morgan fingerprint density at radius 3 is 2.32 bits per heavy atom. The fourth-order valence-electron chi connectivity index (χ4n) is 7.50. The van der Waals surface area contributed by atoms with Crippen LogP contribution in [0.15, 0.2) is 66.3 Å². The summed E-state index contributed by atoms with van der Waals surface area (Å²) in [5.74, 6) is 3.30. The molecule has 0 radical (unpaired) electrons. The summed E-state index contributed by atoms with van der Waals surface area (Å²) >= 11 is 0. The zero-order valence-electron chi connectivity index (χ0n) is 21.8. The molecule has 0 saturated heterocycles. The van der Waals surface area contributed by atoms with Crippen LogP contribution in [-0.4, -0.2) is 0 Å². The summed E-state index contributed by atoms with van der Waals surface area (Å²) in [5.41, 5.74) is 13.2. The largest absolute Gasteiger partial charge is 0.0949 e. The molecule has 0 heterocycles. The standard InChI is InChI=1S/C34H42/c1-22-14-23(2)16-28(15-22)18-27-12-13-29-20-32(21-31(29)19-27)33-11-7-10-30(33)17-26(5)34-24(3)8-6-9-25(34)4/h6,8-13,19,22-23,28,32H,5,7,14-18,20-21H2,1-4H3/t22-,23+,28?,32?. The highest BCUT2D eigenvalue weighted by Gasteiger charge is 2.29. The molecule has 0 aliphatic heterocycles. The molecule has 34 heavy (non-hydrogen) atoms. The van der Waals surface area contributed by atoms with Gasteiger partial charge in [0.1, 0.15) is 0 Å². The van der Waals surface area contributed by atoms with Crippen LogP contribution >= 0.6 is 0 Å². The normalized spacial score (nSPS) is 26.2. The first kappa shape index (κ1) is 23.4. The zero-order chi connectivity index (χ0) is 23.8. The van der Waals surface area contributed by atoms with Crippen molar-refractivity contribution in [2.24, 2.45) is 23.7 Å². The van der Waals surface area contributed by atoms with E-state index in [1.165, 1.54) is 66.4 Å². The van der Waals surface area contributed by atoms with E-state index >= 15 is 0 Å². The Kier molecular flexibility index (Phi) is 6.70. The SMILES string of the molecule is C=C(CC1=CCC=C1C1Cc2ccc(CC3C[C@@H](C)C[C@@H](C)C3)cc2C1)c1c(C)cccc1C. The van der Waals surface area contributed by atoms with Crippen molar-refractivity contribution in [2.75, 3.05) is 0 Å². The van der Waals surface area contributed by atoms with Gasteiger partial charge in [0.2, 0.25) is 0 Å². The van der Waals surface area contributed by atoms with Crippen molar-refractivity contribution in [3.8, 4) is 0 Å². The van der Waals surface area contributed by atoms with Gasteiger partial charge in [-0.25, -0.2) is 0 Å². The minimum Gasteiger partial charge on any atom is -0.0949 e. The number of benzene rings is 2. The number of hydrogen-bond donors (Lipinski definition) is 0. The van der Waals surface area contributed by atoms with E-state index in [4.69, 9.17) is 0 Å². The highest BCUT2D eigenvalue weighted by Crippen LogP contribution is 2.41. The van der Waals surface area contributed by atoms with E-state index in [9.17, 15) is 0 Å². The van der Waals surface area contributed by atoms with E-state index in [-0.39, 0.29) is 0 Å². The maximum atomic E-state index is 4.52. The quantitative estimate of drug-likeness (QED) is 0.412. The fourth-order valence-corrected chi connectivity index (χ4v) is 7.50. The Morgan fingerprint density at radius 2 is 1.59 bits per heavy atom. The maximum Gasteiger partial charge on any atom is -0.00258 e. The predicted octanol–water partition coefficient (Wildman–Crippen LogP) is 8.99. The average molecular weight is 451 g/mol. The molecule has 1 saturated carbocycles. The second-order valence-electron chi connectivity index (χ2n) is 11.9. The second kappa shape index (κ2) is 9.73. The summed E-state index contributed by atoms with van der Waals surface area (Å²) in [5, 5.41) is 0. The van der Waals surface area contributed by atoms with Gasteiger partial charge in [-0.1, -0.05) is 69.0 Å². The van der Waals surface area contributed by atoms with Crippen LogP contribution < -0.4 is 0 Å². The van der Waals surface area contributed by atoms with Gasteiger partial charge in [-0.05, 0) is 139 Å². The van der Waals surface area contributed by atoms with Crippen LogP contribution in [0.2, 0.25) is 0 Å². The molecule has 3 aliphatic rings. The molecule has 0 amide bonds. The van der Waals surface area contributed by atoms with Crippen molar-refractivity contribution in [2.45, 2.75) is 79.1 Å². The number of aryl methyl sites for hydroxylation is 2. The highest BCUT2D eigenvalue weighted by molar-refractivity contribution is 5.72. The minimum absolute atomic E-state index is 0.638. The first-order valence-electron chi connectivity index (χ1n) is 13.6. The molecular weight excluding hydrogens is 408 g/mol. The van der Waals surface area contributed by atoms with Crippen LogP contribution in [0.25, 0.3) is 5.57 Å². The van der Waals surface area contributed by atoms with Gasteiger partial charge in [0.25, 0.3) is 0 Å². The smallest absolute Gasteiger partial charge is 0.00258 e. The molecular formula is C34H42. The van der Waals surface area contributed by atoms with Gasteiger partial charge in [0.15, 0.2) is 0 Å². The Morgan fingerprint density at radius 1 is 0.882 bits per heavy atom. The van der Waals surface area contributed by atoms with E-state index < -0.39 is 0 Å². The lowest BCUT2D eigenvalue weighted by molar-refractivity contribution is 0.218. The summed E-state index contributed by atoms with van der Waals surface area (Å²) in [4.78, 5) is 0. The number of fused-ring (bicyclic) bond motifs is 1. The lowest BCUT2D eigenvalue weighted by Crippen LogP contribution is -2.21. The molecule has 3 aliphatic carbocycles. The molecule has 178 valence electrons. The molecule has 0 N–H and O–H groups in total. The van der Waals surface area contributed by atoms with Crippen molar-refractivity contribution in [3.63, 3.8) is 0 Å². The highest BCUT2D eigenvalue weighted by atomic mass is 14.3. The first-order valence-corrected chi connectivity index (χ1v) is 13.6. The van der Waals surface area contributed by atoms with Gasteiger partial charge in [-0.15, -0.1) is 0 Å². The molecule has 0 nitrogen and oxygen atoms in total. The van der Waals surface area contributed by atoms with Crippen LogP contribution in [0.3, 0.4) is 0 Å². The van der Waals surface area contributed by atoms with Gasteiger partial charge < -0.3 is 0 Å². The van der Waals surface area contributed by atoms with Crippen LogP contribution in [0.1, 0.15) is 79.3 Å². The molecule has 0 spiro atoms. The second-order valence-corrected chi connectivity index (χ2v) is 11.9. The molecule has 2 aromatic carbocycles. The van der Waals surface area contributed by atoms with E-state index in [1.54, 1.807) is 22.3 Å². The van der Waals surface area contributed by atoms with E-state index in [0.29, 0.717) is 5.92 Å². The molecule has 4 atom stereocenters. The van der Waals surface area contributed by atoms with Crippen LogP contribution in [0.4, 0.5) is 0 Å². The molecule has 1 fully saturated rings. The molecule has 2 aromatic rings. The third kappa shape index (κ3) is 4.88. The number of allylic oxidation sites excluding steroid dienone is 5. The molecule has 0 bridgehead atoms. The lowest BCUT2D eigenvalue weighted by atomic mass is 9.74. The monoisotopic (exact) mass is 450 g/mol. The molecule has 0 heteroatoms. The summed E-state index contributed by atoms with van der Waals surface area (Å²) in [7, 11) is 0. The topological polar surface area (TPSA) is 0 Å². The Balaban J connectivity index is 1.25. The van der Waals surface area contributed by atoms with Crippen molar-refractivity contribution in [3.05, 3.63) is 99.7 Å². The number of hydrogen-bond acceptors (Lipinski definition) is 0. The van der Waals surface area contributed by atoms with Crippen LogP contribution in [0, 0.1) is 37.5 Å². The third-order valence-electron chi connectivity index (χ3n) is 8.75. The summed E-state index contributed by atoms with van der Waals surface area (Å²) in [6.45, 7) is 13.9. The Labute approximate surface area is 207 Å². The zero-order valence-corrected chi connectivity index (χ0v) is 21.8. The fraction of sp³-hybridized carbons (Fsp3) is 0.471. The van der Waals surface area contributed by atoms with E-state index in [2.05, 4.69) is 82.8 Å². The Hall–Kier alpha value is -2.34. The van der Waals surface area contributed by atoms with Gasteiger partial charge in [0.05, 0.1) is 0 Å². The van der Waals surface area contributed by atoms with Gasteiger partial charge in [0, 0.05) is 0 Å². The van der Waals surface area contributed by atoms with E-state index in [0.717, 1.165) is 30.6 Å². The third-order valence-corrected chi connectivity index (χ3v) is 8.75.